The first-order chi connectivity index (χ1) is 6.33. The largest absolute Gasteiger partial charge is 0.383 e. The molecule has 1 fully saturated rings. The average molecular weight is 186 g/mol. The first-order valence-electron chi connectivity index (χ1n) is 4.82. The van der Waals surface area contributed by atoms with Crippen LogP contribution in [0.5, 0.6) is 0 Å². The second-order valence-corrected chi connectivity index (χ2v) is 3.32. The molecular formula is C9H18N2O2. The van der Waals surface area contributed by atoms with Crippen LogP contribution in [-0.2, 0) is 9.53 Å². The van der Waals surface area contributed by atoms with Gasteiger partial charge in [0.05, 0.1) is 6.61 Å². The number of hydrogen-bond acceptors (Lipinski definition) is 3. The van der Waals surface area contributed by atoms with Crippen LogP contribution < -0.4 is 10.6 Å². The van der Waals surface area contributed by atoms with Crippen molar-refractivity contribution < 1.29 is 9.53 Å². The van der Waals surface area contributed by atoms with Crippen LogP contribution in [0.25, 0.3) is 0 Å². The number of amides is 1. The summed E-state index contributed by atoms with van der Waals surface area (Å²) in [6.45, 7) is 1.99. The van der Waals surface area contributed by atoms with E-state index in [-0.39, 0.29) is 5.91 Å². The van der Waals surface area contributed by atoms with Gasteiger partial charge in [-0.15, -0.1) is 0 Å². The minimum atomic E-state index is 0.102. The Morgan fingerprint density at radius 1 is 1.46 bits per heavy atom. The summed E-state index contributed by atoms with van der Waals surface area (Å²) in [5.41, 5.74) is 0. The molecule has 13 heavy (non-hydrogen) atoms. The molecule has 1 aliphatic rings. The van der Waals surface area contributed by atoms with E-state index in [9.17, 15) is 4.79 Å². The molecule has 0 spiro atoms. The maximum atomic E-state index is 11.1. The van der Waals surface area contributed by atoms with Crippen LogP contribution in [0.15, 0.2) is 0 Å². The van der Waals surface area contributed by atoms with Gasteiger partial charge in [-0.25, -0.2) is 0 Å². The third kappa shape index (κ3) is 5.60. The van der Waals surface area contributed by atoms with Gasteiger partial charge in [0, 0.05) is 32.7 Å². The van der Waals surface area contributed by atoms with Gasteiger partial charge in [0.15, 0.2) is 0 Å². The Bertz CT molecular complexity index is 158. The zero-order valence-electron chi connectivity index (χ0n) is 8.14. The highest BCUT2D eigenvalue weighted by atomic mass is 16.5. The lowest BCUT2D eigenvalue weighted by Crippen LogP contribution is -2.30. The monoisotopic (exact) mass is 186 g/mol. The number of ether oxygens (including phenoxy) is 1. The van der Waals surface area contributed by atoms with Crippen molar-refractivity contribution in [3.8, 4) is 0 Å². The van der Waals surface area contributed by atoms with Crippen molar-refractivity contribution in [1.29, 1.82) is 0 Å². The van der Waals surface area contributed by atoms with Crippen LogP contribution in [0, 0.1) is 0 Å². The van der Waals surface area contributed by atoms with Crippen LogP contribution >= 0.6 is 0 Å². The molecule has 0 aromatic rings. The second kappa shape index (κ2) is 5.94. The van der Waals surface area contributed by atoms with Gasteiger partial charge < -0.3 is 15.4 Å². The van der Waals surface area contributed by atoms with Crippen LogP contribution in [0.3, 0.4) is 0 Å². The molecule has 1 saturated carbocycles. The molecule has 0 atom stereocenters. The number of carbonyl (C=O) groups is 1. The minimum Gasteiger partial charge on any atom is -0.383 e. The highest BCUT2D eigenvalue weighted by Crippen LogP contribution is 2.18. The Morgan fingerprint density at radius 2 is 2.23 bits per heavy atom. The molecule has 2 N–H and O–H groups in total. The molecule has 4 nitrogen and oxygen atoms in total. The molecule has 0 aliphatic heterocycles. The quantitative estimate of drug-likeness (QED) is 0.545. The number of methoxy groups -OCH3 is 1. The van der Waals surface area contributed by atoms with Gasteiger partial charge in [-0.05, 0) is 12.8 Å². The molecule has 1 aliphatic carbocycles. The smallest absolute Gasteiger partial charge is 0.221 e. The highest BCUT2D eigenvalue weighted by molar-refractivity contribution is 5.76. The van der Waals surface area contributed by atoms with Gasteiger partial charge in [0.2, 0.25) is 5.91 Å². The van der Waals surface area contributed by atoms with E-state index >= 15 is 0 Å². The molecule has 0 heterocycles. The maximum absolute atomic E-state index is 11.1. The summed E-state index contributed by atoms with van der Waals surface area (Å²) >= 11 is 0. The second-order valence-electron chi connectivity index (χ2n) is 3.32. The van der Waals surface area contributed by atoms with E-state index in [0.717, 1.165) is 6.54 Å². The van der Waals surface area contributed by atoms with E-state index < -0.39 is 0 Å². The van der Waals surface area contributed by atoms with Gasteiger partial charge in [-0.1, -0.05) is 0 Å². The van der Waals surface area contributed by atoms with Gasteiger partial charge in [0.25, 0.3) is 0 Å². The topological polar surface area (TPSA) is 50.4 Å². The van der Waals surface area contributed by atoms with E-state index in [1.807, 2.05) is 0 Å². The van der Waals surface area contributed by atoms with E-state index in [0.29, 0.717) is 25.6 Å². The van der Waals surface area contributed by atoms with Gasteiger partial charge >= 0.3 is 0 Å². The van der Waals surface area contributed by atoms with Gasteiger partial charge in [-0.3, -0.25) is 4.79 Å². The Hall–Kier alpha value is -0.610. The lowest BCUT2D eigenvalue weighted by atomic mass is 10.4. The fourth-order valence-corrected chi connectivity index (χ4v) is 1.06. The summed E-state index contributed by atoms with van der Waals surface area (Å²) in [6.07, 6.45) is 3.11. The van der Waals surface area contributed by atoms with Crippen LogP contribution in [0.2, 0.25) is 0 Å². The normalized spacial score (nSPS) is 15.8. The molecule has 76 valence electrons. The lowest BCUT2D eigenvalue weighted by molar-refractivity contribution is -0.121. The first kappa shape index (κ1) is 10.5. The SMILES string of the molecule is COCCNC(=O)CCNC1CC1. The van der Waals surface area contributed by atoms with Crippen LogP contribution in [0.1, 0.15) is 19.3 Å². The van der Waals surface area contributed by atoms with E-state index in [2.05, 4.69) is 10.6 Å². The predicted octanol–water partition coefficient (Wildman–Crippen LogP) is -0.109. The summed E-state index contributed by atoms with van der Waals surface area (Å²) in [4.78, 5) is 11.1. The molecule has 0 aromatic heterocycles. The molecule has 0 bridgehead atoms. The van der Waals surface area contributed by atoms with Crippen molar-refractivity contribution in [2.75, 3.05) is 26.8 Å². The van der Waals surface area contributed by atoms with Crippen molar-refractivity contribution in [2.24, 2.45) is 0 Å². The van der Waals surface area contributed by atoms with Gasteiger partial charge in [0.1, 0.15) is 0 Å². The van der Waals surface area contributed by atoms with Crippen molar-refractivity contribution in [2.45, 2.75) is 25.3 Å². The number of rotatable bonds is 7. The predicted molar refractivity (Wildman–Crippen MR) is 50.5 cm³/mol. The molecule has 1 amide bonds. The van der Waals surface area contributed by atoms with E-state index in [1.165, 1.54) is 12.8 Å². The van der Waals surface area contributed by atoms with Crippen molar-refractivity contribution in [3.05, 3.63) is 0 Å². The van der Waals surface area contributed by atoms with Crippen molar-refractivity contribution >= 4 is 5.91 Å². The number of nitrogens with one attached hydrogen (secondary N) is 2. The molecule has 4 heteroatoms. The Morgan fingerprint density at radius 3 is 2.85 bits per heavy atom. The minimum absolute atomic E-state index is 0.102. The maximum Gasteiger partial charge on any atom is 0.221 e. The molecule has 0 radical (unpaired) electrons. The van der Waals surface area contributed by atoms with Gasteiger partial charge in [-0.2, -0.15) is 0 Å². The average Bonchev–Trinajstić information content (AvgIpc) is 2.89. The van der Waals surface area contributed by atoms with E-state index in [4.69, 9.17) is 4.74 Å². The zero-order chi connectivity index (χ0) is 9.52. The van der Waals surface area contributed by atoms with Crippen LogP contribution in [-0.4, -0.2) is 38.8 Å². The molecular weight excluding hydrogens is 168 g/mol. The summed E-state index contributed by atoms with van der Waals surface area (Å²) in [5, 5.41) is 6.06. The van der Waals surface area contributed by atoms with E-state index in [1.54, 1.807) is 7.11 Å². The third-order valence-electron chi connectivity index (χ3n) is 1.99. The summed E-state index contributed by atoms with van der Waals surface area (Å²) < 4.78 is 4.81. The summed E-state index contributed by atoms with van der Waals surface area (Å²) in [7, 11) is 1.63. The summed E-state index contributed by atoms with van der Waals surface area (Å²) in [5.74, 6) is 0.102. The van der Waals surface area contributed by atoms with Crippen molar-refractivity contribution in [3.63, 3.8) is 0 Å². The Kier molecular flexibility index (Phi) is 4.78. The molecule has 0 unspecified atom stereocenters. The van der Waals surface area contributed by atoms with Crippen LogP contribution in [0.4, 0.5) is 0 Å². The Balaban J connectivity index is 1.84. The fourth-order valence-electron chi connectivity index (χ4n) is 1.06. The highest BCUT2D eigenvalue weighted by Gasteiger charge is 2.19. The number of carbonyl (C=O) groups excluding carboxylic acids is 1. The van der Waals surface area contributed by atoms with Crippen molar-refractivity contribution in [1.82, 2.24) is 10.6 Å². The molecule has 1 rings (SSSR count). The third-order valence-corrected chi connectivity index (χ3v) is 1.99. The standard InChI is InChI=1S/C9H18N2O2/c1-13-7-6-11-9(12)4-5-10-8-2-3-8/h8,10H,2-7H2,1H3,(H,11,12). The number of hydrogen-bond donors (Lipinski definition) is 2. The first-order valence-corrected chi connectivity index (χ1v) is 4.82. The zero-order valence-corrected chi connectivity index (χ0v) is 8.14. The fraction of sp³-hybridized carbons (Fsp3) is 0.889. The molecule has 0 saturated heterocycles. The Labute approximate surface area is 79.0 Å². The molecule has 0 aromatic carbocycles. The summed E-state index contributed by atoms with van der Waals surface area (Å²) in [6, 6.07) is 0.687. The lowest BCUT2D eigenvalue weighted by Gasteiger charge is -2.04.